The molecule has 1 N–H and O–H groups in total. The van der Waals surface area contributed by atoms with Gasteiger partial charge in [-0.25, -0.2) is 0 Å². The first-order chi connectivity index (χ1) is 9.00. The zero-order valence-electron chi connectivity index (χ0n) is 12.4. The number of rotatable bonds is 7. The molecule has 0 unspecified atom stereocenters. The Labute approximate surface area is 116 Å². The molecule has 0 saturated heterocycles. The standard InChI is InChI=1S/C16H26N2O/c1-5-9-18(16(2,3)4)12-13-8-10-19-15(13)11-17-14-6-7-14/h5,8,10,14,17H,1,6-7,9,11-12H2,2-4H3. The highest BCUT2D eigenvalue weighted by Crippen LogP contribution is 2.22. The molecule has 0 spiro atoms. The molecule has 3 heteroatoms. The summed E-state index contributed by atoms with van der Waals surface area (Å²) < 4.78 is 5.62. The van der Waals surface area contributed by atoms with Crippen molar-refractivity contribution in [2.24, 2.45) is 0 Å². The van der Waals surface area contributed by atoms with Gasteiger partial charge in [0.1, 0.15) is 5.76 Å². The van der Waals surface area contributed by atoms with E-state index in [0.717, 1.165) is 25.4 Å². The summed E-state index contributed by atoms with van der Waals surface area (Å²) in [5.74, 6) is 1.07. The number of hydrogen-bond acceptors (Lipinski definition) is 3. The van der Waals surface area contributed by atoms with Gasteiger partial charge in [-0.15, -0.1) is 6.58 Å². The van der Waals surface area contributed by atoms with Gasteiger partial charge >= 0.3 is 0 Å². The van der Waals surface area contributed by atoms with Crippen molar-refractivity contribution in [3.05, 3.63) is 36.3 Å². The molecule has 0 bridgehead atoms. The number of nitrogens with zero attached hydrogens (tertiary/aromatic N) is 1. The van der Waals surface area contributed by atoms with Crippen molar-refractivity contribution in [3.63, 3.8) is 0 Å². The number of hydrogen-bond donors (Lipinski definition) is 1. The summed E-state index contributed by atoms with van der Waals surface area (Å²) in [4.78, 5) is 2.41. The molecule has 0 amide bonds. The first-order valence-electron chi connectivity index (χ1n) is 7.15. The SMILES string of the molecule is C=CCN(Cc1ccoc1CNC1CC1)C(C)(C)C. The summed E-state index contributed by atoms with van der Waals surface area (Å²) in [6.07, 6.45) is 6.38. The van der Waals surface area contributed by atoms with Gasteiger partial charge in [0.2, 0.25) is 0 Å². The molecule has 1 aliphatic carbocycles. The largest absolute Gasteiger partial charge is 0.468 e. The van der Waals surface area contributed by atoms with Gasteiger partial charge in [0.15, 0.2) is 0 Å². The van der Waals surface area contributed by atoms with Crippen LogP contribution in [0.15, 0.2) is 29.4 Å². The van der Waals surface area contributed by atoms with Gasteiger partial charge < -0.3 is 9.73 Å². The van der Waals surface area contributed by atoms with E-state index < -0.39 is 0 Å². The molecule has 2 rings (SSSR count). The van der Waals surface area contributed by atoms with Crippen LogP contribution in [0.25, 0.3) is 0 Å². The lowest BCUT2D eigenvalue weighted by Crippen LogP contribution is -2.41. The molecule has 0 aliphatic heterocycles. The van der Waals surface area contributed by atoms with Gasteiger partial charge in [0, 0.05) is 30.2 Å². The Morgan fingerprint density at radius 1 is 1.47 bits per heavy atom. The van der Waals surface area contributed by atoms with E-state index in [4.69, 9.17) is 4.42 Å². The van der Waals surface area contributed by atoms with Crippen molar-refractivity contribution in [1.82, 2.24) is 10.2 Å². The summed E-state index contributed by atoms with van der Waals surface area (Å²) in [6, 6.07) is 2.80. The minimum Gasteiger partial charge on any atom is -0.468 e. The van der Waals surface area contributed by atoms with Crippen LogP contribution in [0.1, 0.15) is 44.9 Å². The van der Waals surface area contributed by atoms with Gasteiger partial charge in [0.25, 0.3) is 0 Å². The Hall–Kier alpha value is -1.06. The van der Waals surface area contributed by atoms with Crippen LogP contribution in [0.4, 0.5) is 0 Å². The van der Waals surface area contributed by atoms with E-state index in [2.05, 4.69) is 43.6 Å². The van der Waals surface area contributed by atoms with Crippen molar-refractivity contribution in [2.45, 2.75) is 58.3 Å². The Bertz CT molecular complexity index is 413. The first-order valence-corrected chi connectivity index (χ1v) is 7.15. The fourth-order valence-corrected chi connectivity index (χ4v) is 2.12. The van der Waals surface area contributed by atoms with E-state index in [9.17, 15) is 0 Å². The topological polar surface area (TPSA) is 28.4 Å². The zero-order valence-corrected chi connectivity index (χ0v) is 12.4. The van der Waals surface area contributed by atoms with E-state index in [1.54, 1.807) is 6.26 Å². The van der Waals surface area contributed by atoms with E-state index in [-0.39, 0.29) is 5.54 Å². The molecule has 0 radical (unpaired) electrons. The first kappa shape index (κ1) is 14.4. The Balaban J connectivity index is 1.99. The summed E-state index contributed by atoms with van der Waals surface area (Å²) in [5.41, 5.74) is 1.41. The van der Waals surface area contributed by atoms with E-state index in [1.807, 2.05) is 6.08 Å². The smallest absolute Gasteiger partial charge is 0.122 e. The van der Waals surface area contributed by atoms with Crippen LogP contribution in [0.2, 0.25) is 0 Å². The lowest BCUT2D eigenvalue weighted by molar-refractivity contribution is 0.144. The highest BCUT2D eigenvalue weighted by molar-refractivity contribution is 5.17. The van der Waals surface area contributed by atoms with E-state index >= 15 is 0 Å². The minimum absolute atomic E-state index is 0.132. The molecular weight excluding hydrogens is 236 g/mol. The lowest BCUT2D eigenvalue weighted by atomic mass is 10.0. The maximum atomic E-state index is 5.62. The predicted molar refractivity (Wildman–Crippen MR) is 78.9 cm³/mol. The fraction of sp³-hybridized carbons (Fsp3) is 0.625. The molecular formula is C16H26N2O. The molecule has 1 heterocycles. The van der Waals surface area contributed by atoms with Gasteiger partial charge in [0.05, 0.1) is 12.8 Å². The van der Waals surface area contributed by atoms with Crippen LogP contribution in [0.3, 0.4) is 0 Å². The van der Waals surface area contributed by atoms with E-state index in [0.29, 0.717) is 6.04 Å². The molecule has 1 fully saturated rings. The Morgan fingerprint density at radius 3 is 2.79 bits per heavy atom. The summed E-state index contributed by atoms with van der Waals surface area (Å²) >= 11 is 0. The van der Waals surface area contributed by atoms with Gasteiger partial charge in [-0.3, -0.25) is 4.90 Å². The van der Waals surface area contributed by atoms with Gasteiger partial charge in [-0.1, -0.05) is 6.08 Å². The van der Waals surface area contributed by atoms with Crippen molar-refractivity contribution < 1.29 is 4.42 Å². The van der Waals surface area contributed by atoms with Crippen LogP contribution in [0, 0.1) is 0 Å². The third-order valence-electron chi connectivity index (χ3n) is 3.63. The lowest BCUT2D eigenvalue weighted by Gasteiger charge is -2.34. The van der Waals surface area contributed by atoms with Crippen LogP contribution in [-0.4, -0.2) is 23.0 Å². The van der Waals surface area contributed by atoms with Crippen LogP contribution in [0.5, 0.6) is 0 Å². The number of nitrogens with one attached hydrogen (secondary N) is 1. The molecule has 0 aromatic carbocycles. The molecule has 1 aliphatic rings. The quantitative estimate of drug-likeness (QED) is 0.764. The highest BCUT2D eigenvalue weighted by atomic mass is 16.3. The maximum absolute atomic E-state index is 5.62. The average Bonchev–Trinajstić information content (AvgIpc) is 3.05. The summed E-state index contributed by atoms with van der Waals surface area (Å²) in [7, 11) is 0. The Morgan fingerprint density at radius 2 is 2.21 bits per heavy atom. The predicted octanol–water partition coefficient (Wildman–Crippen LogP) is 3.32. The van der Waals surface area contributed by atoms with Crippen LogP contribution in [-0.2, 0) is 13.1 Å². The van der Waals surface area contributed by atoms with Crippen molar-refractivity contribution >= 4 is 0 Å². The van der Waals surface area contributed by atoms with Crippen molar-refractivity contribution in [3.8, 4) is 0 Å². The second kappa shape index (κ2) is 5.93. The molecule has 0 atom stereocenters. The van der Waals surface area contributed by atoms with Gasteiger partial charge in [-0.2, -0.15) is 0 Å². The third-order valence-corrected chi connectivity index (χ3v) is 3.63. The average molecular weight is 262 g/mol. The minimum atomic E-state index is 0.132. The zero-order chi connectivity index (χ0) is 13.9. The van der Waals surface area contributed by atoms with Crippen LogP contribution < -0.4 is 5.32 Å². The monoisotopic (exact) mass is 262 g/mol. The van der Waals surface area contributed by atoms with Crippen LogP contribution >= 0.6 is 0 Å². The molecule has 106 valence electrons. The van der Waals surface area contributed by atoms with Crippen molar-refractivity contribution in [1.29, 1.82) is 0 Å². The molecule has 1 aromatic rings. The van der Waals surface area contributed by atoms with Gasteiger partial charge in [-0.05, 0) is 39.7 Å². The summed E-state index contributed by atoms with van der Waals surface area (Å²) in [5, 5.41) is 3.51. The highest BCUT2D eigenvalue weighted by Gasteiger charge is 2.24. The second-order valence-corrected chi connectivity index (χ2v) is 6.36. The maximum Gasteiger partial charge on any atom is 0.122 e. The normalized spacial score (nSPS) is 16.0. The van der Waals surface area contributed by atoms with Crippen molar-refractivity contribution in [2.75, 3.05) is 6.54 Å². The molecule has 19 heavy (non-hydrogen) atoms. The third kappa shape index (κ3) is 4.22. The number of furan rings is 1. The molecule has 3 nitrogen and oxygen atoms in total. The fourth-order valence-electron chi connectivity index (χ4n) is 2.12. The molecule has 1 aromatic heterocycles. The second-order valence-electron chi connectivity index (χ2n) is 6.36. The van der Waals surface area contributed by atoms with E-state index in [1.165, 1.54) is 18.4 Å². The summed E-state index contributed by atoms with van der Waals surface area (Å²) in [6.45, 7) is 13.2. The molecule has 1 saturated carbocycles. The Kier molecular flexibility index (Phi) is 4.48.